The van der Waals surface area contributed by atoms with Crippen LogP contribution in [0.3, 0.4) is 0 Å². The largest absolute Gasteiger partial charge is 1.00 e. The molecule has 236 valence electrons. The van der Waals surface area contributed by atoms with Crippen LogP contribution >= 0.6 is 0 Å². The Morgan fingerprint density at radius 3 is 1.62 bits per heavy atom. The van der Waals surface area contributed by atoms with Crippen molar-refractivity contribution < 1.29 is 43.7 Å². The van der Waals surface area contributed by atoms with E-state index in [1.807, 2.05) is 30.3 Å². The lowest BCUT2D eigenvalue weighted by Crippen LogP contribution is -3.04. The van der Waals surface area contributed by atoms with Gasteiger partial charge in [0.2, 0.25) is 0 Å². The molecule has 3 rings (SSSR count). The SMILES string of the molecule is CC(C)CC(CC(C)C)(c1ccccc1)[N+](C)(C)CCOCCOc1ccccc1.C[NH+](C)Cc1ccccc1.[Cl-].[Cl-]. The molecule has 0 fully saturated rings. The minimum atomic E-state index is 0. The maximum atomic E-state index is 5.99. The molecule has 0 spiro atoms. The molecule has 4 nitrogen and oxygen atoms in total. The molecular formula is C36H56Cl2N2O2. The number of benzene rings is 3. The third-order valence-electron chi connectivity index (χ3n) is 7.40. The maximum Gasteiger partial charge on any atom is 0.125 e. The van der Waals surface area contributed by atoms with Gasteiger partial charge in [-0.25, -0.2) is 0 Å². The van der Waals surface area contributed by atoms with Gasteiger partial charge in [0.05, 0.1) is 41.4 Å². The van der Waals surface area contributed by atoms with Crippen molar-refractivity contribution in [1.29, 1.82) is 0 Å². The third-order valence-corrected chi connectivity index (χ3v) is 7.40. The lowest BCUT2D eigenvalue weighted by molar-refractivity contribution is -0.952. The standard InChI is InChI=1S/C27H42NO2.C9H13N.2ClH/c1-23(2)21-27(22-24(3)4,25-13-9-7-10-14-25)28(5,6)17-18-29-19-20-30-26-15-11-8-12-16-26;1-10(2)8-9-6-4-3-5-7-9;;/h7-16,23-24H,17-22H2,1-6H3;3-7H,8H2,1-2H3;2*1H/q+1;;;/p-1. The van der Waals surface area contributed by atoms with Crippen molar-refractivity contribution in [1.82, 2.24) is 0 Å². The summed E-state index contributed by atoms with van der Waals surface area (Å²) in [5.74, 6) is 2.15. The Bertz CT molecular complexity index is 1040. The van der Waals surface area contributed by atoms with Crippen LogP contribution in [0.25, 0.3) is 0 Å². The van der Waals surface area contributed by atoms with Gasteiger partial charge >= 0.3 is 0 Å². The number of hydrogen-bond acceptors (Lipinski definition) is 2. The highest BCUT2D eigenvalue weighted by Gasteiger charge is 2.47. The summed E-state index contributed by atoms with van der Waals surface area (Å²) in [5.41, 5.74) is 2.93. The van der Waals surface area contributed by atoms with E-state index >= 15 is 0 Å². The molecule has 0 aliphatic rings. The summed E-state index contributed by atoms with van der Waals surface area (Å²) in [6.45, 7) is 13.4. The second-order valence-electron chi connectivity index (χ2n) is 12.6. The molecule has 0 aliphatic carbocycles. The molecule has 3 aromatic carbocycles. The van der Waals surface area contributed by atoms with Crippen LogP contribution in [0.15, 0.2) is 91.0 Å². The highest BCUT2D eigenvalue weighted by molar-refractivity contribution is 5.23. The summed E-state index contributed by atoms with van der Waals surface area (Å²) in [4.78, 5) is 1.46. The molecule has 0 atom stereocenters. The van der Waals surface area contributed by atoms with Gasteiger partial charge in [-0.15, -0.1) is 0 Å². The molecule has 0 unspecified atom stereocenters. The zero-order valence-electron chi connectivity index (χ0n) is 27.3. The van der Waals surface area contributed by atoms with Crippen molar-refractivity contribution in [2.75, 3.05) is 54.6 Å². The van der Waals surface area contributed by atoms with E-state index in [1.165, 1.54) is 28.9 Å². The van der Waals surface area contributed by atoms with Crippen LogP contribution in [0.2, 0.25) is 0 Å². The molecule has 0 heterocycles. The Morgan fingerprint density at radius 2 is 1.14 bits per heavy atom. The van der Waals surface area contributed by atoms with Gasteiger partial charge in [0.25, 0.3) is 0 Å². The number of nitrogens with zero attached hydrogens (tertiary/aromatic N) is 1. The molecule has 6 heteroatoms. The lowest BCUT2D eigenvalue weighted by Gasteiger charge is -2.51. The first-order valence-electron chi connectivity index (χ1n) is 15.0. The summed E-state index contributed by atoms with van der Waals surface area (Å²) in [7, 11) is 9.07. The highest BCUT2D eigenvalue weighted by atomic mass is 35.5. The van der Waals surface area contributed by atoms with E-state index in [0.717, 1.165) is 29.9 Å². The Kier molecular flexibility index (Phi) is 19.7. The zero-order chi connectivity index (χ0) is 29.4. The smallest absolute Gasteiger partial charge is 0.125 e. The van der Waals surface area contributed by atoms with E-state index in [-0.39, 0.29) is 30.4 Å². The number of quaternary nitrogens is 2. The number of para-hydroxylation sites is 1. The van der Waals surface area contributed by atoms with E-state index < -0.39 is 0 Å². The summed E-state index contributed by atoms with van der Waals surface area (Å²) >= 11 is 0. The van der Waals surface area contributed by atoms with Gasteiger partial charge in [0.1, 0.15) is 31.0 Å². The predicted octanol–water partition coefficient (Wildman–Crippen LogP) is 0.485. The molecular weight excluding hydrogens is 563 g/mol. The topological polar surface area (TPSA) is 22.9 Å². The fourth-order valence-corrected chi connectivity index (χ4v) is 5.61. The first-order valence-corrected chi connectivity index (χ1v) is 15.0. The van der Waals surface area contributed by atoms with Crippen molar-refractivity contribution in [3.05, 3.63) is 102 Å². The fourth-order valence-electron chi connectivity index (χ4n) is 5.61. The molecule has 3 aromatic rings. The summed E-state index contributed by atoms with van der Waals surface area (Å²) in [6, 6.07) is 31.6. The van der Waals surface area contributed by atoms with E-state index in [0.29, 0.717) is 25.0 Å². The van der Waals surface area contributed by atoms with Crippen molar-refractivity contribution >= 4 is 0 Å². The van der Waals surface area contributed by atoms with Gasteiger partial charge in [-0.2, -0.15) is 0 Å². The number of rotatable bonds is 15. The minimum Gasteiger partial charge on any atom is -1.00 e. The van der Waals surface area contributed by atoms with Crippen LogP contribution in [-0.4, -0.2) is 59.0 Å². The van der Waals surface area contributed by atoms with Crippen molar-refractivity contribution in [2.24, 2.45) is 11.8 Å². The molecule has 42 heavy (non-hydrogen) atoms. The minimum absolute atomic E-state index is 0. The third kappa shape index (κ3) is 13.9. The Hall–Kier alpha value is -2.08. The highest BCUT2D eigenvalue weighted by Crippen LogP contribution is 2.43. The second-order valence-corrected chi connectivity index (χ2v) is 12.6. The van der Waals surface area contributed by atoms with Gasteiger partial charge in [-0.1, -0.05) is 107 Å². The van der Waals surface area contributed by atoms with Crippen LogP contribution in [0.4, 0.5) is 0 Å². The van der Waals surface area contributed by atoms with Gasteiger partial charge in [0, 0.05) is 24.0 Å². The first-order chi connectivity index (χ1) is 19.1. The summed E-state index contributed by atoms with van der Waals surface area (Å²) in [6.07, 6.45) is 2.33. The predicted molar refractivity (Wildman–Crippen MR) is 170 cm³/mol. The summed E-state index contributed by atoms with van der Waals surface area (Å²) < 4.78 is 12.7. The molecule has 0 aliphatic heterocycles. The van der Waals surface area contributed by atoms with Crippen molar-refractivity contribution in [3.8, 4) is 5.75 Å². The number of halogens is 2. The number of ether oxygens (including phenoxy) is 2. The van der Waals surface area contributed by atoms with E-state index in [1.54, 1.807) is 0 Å². The van der Waals surface area contributed by atoms with Crippen molar-refractivity contribution in [2.45, 2.75) is 52.6 Å². The zero-order valence-corrected chi connectivity index (χ0v) is 28.8. The average Bonchev–Trinajstić information content (AvgIpc) is 2.91. The van der Waals surface area contributed by atoms with Gasteiger partial charge in [-0.3, -0.25) is 0 Å². The monoisotopic (exact) mass is 618 g/mol. The average molecular weight is 620 g/mol. The van der Waals surface area contributed by atoms with Crippen LogP contribution in [0.1, 0.15) is 51.7 Å². The second kappa shape index (κ2) is 20.8. The lowest BCUT2D eigenvalue weighted by atomic mass is 9.74. The Balaban J connectivity index is 0.00000119. The maximum absolute atomic E-state index is 5.99. The Morgan fingerprint density at radius 1 is 0.667 bits per heavy atom. The molecule has 0 radical (unpaired) electrons. The van der Waals surface area contributed by atoms with E-state index in [4.69, 9.17) is 9.47 Å². The number of likely N-dealkylation sites (N-methyl/N-ethyl adjacent to an activating group) is 1. The van der Waals surface area contributed by atoms with Gasteiger partial charge in [-0.05, 0) is 24.0 Å². The van der Waals surface area contributed by atoms with Gasteiger partial charge < -0.3 is 43.7 Å². The summed E-state index contributed by atoms with van der Waals surface area (Å²) in [5, 5.41) is 0. The molecule has 0 bridgehead atoms. The van der Waals surface area contributed by atoms with E-state index in [9.17, 15) is 0 Å². The van der Waals surface area contributed by atoms with Crippen LogP contribution in [0.5, 0.6) is 5.75 Å². The number of hydrogen-bond donors (Lipinski definition) is 1. The van der Waals surface area contributed by atoms with Crippen LogP contribution < -0.4 is 34.5 Å². The van der Waals surface area contributed by atoms with E-state index in [2.05, 4.69) is 117 Å². The molecule has 0 saturated carbocycles. The number of nitrogens with one attached hydrogen (secondary N) is 1. The van der Waals surface area contributed by atoms with Crippen LogP contribution in [-0.2, 0) is 16.8 Å². The first kappa shape index (κ1) is 39.9. The Labute approximate surface area is 269 Å². The molecule has 0 aromatic heterocycles. The van der Waals surface area contributed by atoms with Gasteiger partial charge in [0.15, 0.2) is 0 Å². The molecule has 1 N–H and O–H groups in total. The molecule has 0 saturated heterocycles. The quantitative estimate of drug-likeness (QED) is 0.198. The normalized spacial score (nSPS) is 11.4. The van der Waals surface area contributed by atoms with Crippen molar-refractivity contribution in [3.63, 3.8) is 0 Å². The molecule has 0 amide bonds. The van der Waals surface area contributed by atoms with Crippen LogP contribution in [0, 0.1) is 11.8 Å². The fraction of sp³-hybridized carbons (Fsp3) is 0.500.